The van der Waals surface area contributed by atoms with Gasteiger partial charge in [0, 0.05) is 6.04 Å². The lowest BCUT2D eigenvalue weighted by Crippen LogP contribution is -2.49. The molecule has 0 aromatic carbocycles. The number of nitrogens with one attached hydrogen (secondary N) is 2. The number of furan rings is 1. The molecular formula is C14H22ClN3O3. The first-order valence-electron chi connectivity index (χ1n) is 6.95. The first-order chi connectivity index (χ1) is 9.61. The van der Waals surface area contributed by atoms with Crippen molar-refractivity contribution in [3.8, 4) is 0 Å². The average Bonchev–Trinajstić information content (AvgIpc) is 3.09. The molecule has 1 aliphatic rings. The van der Waals surface area contributed by atoms with E-state index in [1.807, 2.05) is 0 Å². The molecule has 1 aliphatic carbocycles. The molecule has 118 valence electrons. The Morgan fingerprint density at radius 2 is 2.24 bits per heavy atom. The lowest BCUT2D eigenvalue weighted by Gasteiger charge is -2.22. The Hall–Kier alpha value is -1.53. The monoisotopic (exact) mass is 315 g/mol. The van der Waals surface area contributed by atoms with Crippen LogP contribution in [0.2, 0.25) is 0 Å². The SMILES string of the molecule is CC(NC(=O)c1ccoc1)C(=O)NC1CCCC1CN.Cl. The molecule has 1 saturated carbocycles. The van der Waals surface area contributed by atoms with Crippen LogP contribution in [0.1, 0.15) is 36.5 Å². The molecule has 0 bridgehead atoms. The van der Waals surface area contributed by atoms with Crippen LogP contribution in [-0.4, -0.2) is 30.4 Å². The number of carbonyl (C=O) groups excluding carboxylic acids is 2. The van der Waals surface area contributed by atoms with Gasteiger partial charge in [0.05, 0.1) is 11.8 Å². The average molecular weight is 316 g/mol. The highest BCUT2D eigenvalue weighted by atomic mass is 35.5. The summed E-state index contributed by atoms with van der Waals surface area (Å²) < 4.78 is 4.84. The summed E-state index contributed by atoms with van der Waals surface area (Å²) in [4.78, 5) is 23.9. The summed E-state index contributed by atoms with van der Waals surface area (Å²) >= 11 is 0. The summed E-state index contributed by atoms with van der Waals surface area (Å²) in [6.45, 7) is 2.25. The zero-order valence-corrected chi connectivity index (χ0v) is 12.8. The number of hydrogen-bond acceptors (Lipinski definition) is 4. The van der Waals surface area contributed by atoms with Crippen molar-refractivity contribution in [2.45, 2.75) is 38.3 Å². The largest absolute Gasteiger partial charge is 0.472 e. The van der Waals surface area contributed by atoms with Crippen molar-refractivity contribution in [3.05, 3.63) is 24.2 Å². The molecule has 4 N–H and O–H groups in total. The van der Waals surface area contributed by atoms with Crippen molar-refractivity contribution < 1.29 is 14.0 Å². The summed E-state index contributed by atoms with van der Waals surface area (Å²) in [5.41, 5.74) is 6.10. The van der Waals surface area contributed by atoms with E-state index in [2.05, 4.69) is 10.6 Å². The Balaban J connectivity index is 0.00000220. The molecule has 1 aromatic heterocycles. The van der Waals surface area contributed by atoms with Gasteiger partial charge in [0.1, 0.15) is 12.3 Å². The second-order valence-corrected chi connectivity index (χ2v) is 5.25. The van der Waals surface area contributed by atoms with Crippen molar-refractivity contribution in [2.24, 2.45) is 11.7 Å². The molecule has 3 unspecified atom stereocenters. The molecule has 1 fully saturated rings. The van der Waals surface area contributed by atoms with Crippen LogP contribution in [0.15, 0.2) is 23.0 Å². The Bertz CT molecular complexity index is 464. The van der Waals surface area contributed by atoms with Crippen molar-refractivity contribution >= 4 is 24.2 Å². The van der Waals surface area contributed by atoms with Crippen LogP contribution in [0.3, 0.4) is 0 Å². The lowest BCUT2D eigenvalue weighted by molar-refractivity contribution is -0.123. The zero-order valence-electron chi connectivity index (χ0n) is 12.0. The zero-order chi connectivity index (χ0) is 14.5. The van der Waals surface area contributed by atoms with E-state index in [1.165, 1.54) is 12.5 Å². The molecular weight excluding hydrogens is 294 g/mol. The molecule has 0 spiro atoms. The normalized spacial score (nSPS) is 22.2. The van der Waals surface area contributed by atoms with E-state index < -0.39 is 6.04 Å². The molecule has 21 heavy (non-hydrogen) atoms. The maximum Gasteiger partial charge on any atom is 0.255 e. The third-order valence-corrected chi connectivity index (χ3v) is 3.81. The third kappa shape index (κ3) is 4.47. The second kappa shape index (κ2) is 8.05. The first kappa shape index (κ1) is 17.5. The van der Waals surface area contributed by atoms with Crippen LogP contribution < -0.4 is 16.4 Å². The summed E-state index contributed by atoms with van der Waals surface area (Å²) in [5, 5.41) is 5.62. The van der Waals surface area contributed by atoms with Crippen molar-refractivity contribution in [3.63, 3.8) is 0 Å². The summed E-state index contributed by atoms with van der Waals surface area (Å²) in [6, 6.07) is 1.10. The maximum absolute atomic E-state index is 12.1. The number of carbonyl (C=O) groups is 2. The highest BCUT2D eigenvalue weighted by Crippen LogP contribution is 2.24. The molecule has 0 aliphatic heterocycles. The van der Waals surface area contributed by atoms with Gasteiger partial charge in [0.25, 0.3) is 5.91 Å². The van der Waals surface area contributed by atoms with Crippen LogP contribution in [0.4, 0.5) is 0 Å². The van der Waals surface area contributed by atoms with E-state index in [1.54, 1.807) is 13.0 Å². The molecule has 7 heteroatoms. The maximum atomic E-state index is 12.1. The summed E-state index contributed by atoms with van der Waals surface area (Å²) in [7, 11) is 0. The van der Waals surface area contributed by atoms with Gasteiger partial charge < -0.3 is 20.8 Å². The molecule has 1 aromatic rings. The number of rotatable bonds is 5. The molecule has 3 atom stereocenters. The van der Waals surface area contributed by atoms with E-state index >= 15 is 0 Å². The molecule has 0 saturated heterocycles. The van der Waals surface area contributed by atoms with Gasteiger partial charge in [-0.1, -0.05) is 6.42 Å². The Morgan fingerprint density at radius 3 is 2.86 bits per heavy atom. The quantitative estimate of drug-likeness (QED) is 0.757. The van der Waals surface area contributed by atoms with Crippen LogP contribution in [0.25, 0.3) is 0 Å². The Kier molecular flexibility index (Phi) is 6.71. The van der Waals surface area contributed by atoms with E-state index in [0.29, 0.717) is 18.0 Å². The predicted molar refractivity (Wildman–Crippen MR) is 81.2 cm³/mol. The van der Waals surface area contributed by atoms with Gasteiger partial charge in [-0.25, -0.2) is 0 Å². The predicted octanol–water partition coefficient (Wildman–Crippen LogP) is 1.06. The van der Waals surface area contributed by atoms with E-state index in [-0.39, 0.29) is 30.3 Å². The van der Waals surface area contributed by atoms with Gasteiger partial charge in [-0.3, -0.25) is 9.59 Å². The molecule has 2 rings (SSSR count). The summed E-state index contributed by atoms with van der Waals surface area (Å²) in [6.07, 6.45) is 5.86. The standard InChI is InChI=1S/C14H21N3O3.ClH/c1-9(16-14(19)11-5-6-20-8-11)13(18)17-12-4-2-3-10(12)7-15;/h5-6,8-10,12H,2-4,7,15H2,1H3,(H,16,19)(H,17,18);1H. The fourth-order valence-corrected chi connectivity index (χ4v) is 2.56. The van der Waals surface area contributed by atoms with Gasteiger partial charge >= 0.3 is 0 Å². The molecule has 2 amide bonds. The van der Waals surface area contributed by atoms with Gasteiger partial charge in [0.2, 0.25) is 5.91 Å². The highest BCUT2D eigenvalue weighted by molar-refractivity contribution is 5.97. The minimum atomic E-state index is -0.587. The first-order valence-corrected chi connectivity index (χ1v) is 6.95. The van der Waals surface area contributed by atoms with Crippen LogP contribution in [0, 0.1) is 5.92 Å². The minimum Gasteiger partial charge on any atom is -0.472 e. The Morgan fingerprint density at radius 1 is 1.48 bits per heavy atom. The van der Waals surface area contributed by atoms with E-state index in [0.717, 1.165) is 19.3 Å². The van der Waals surface area contributed by atoms with Crippen LogP contribution in [0.5, 0.6) is 0 Å². The third-order valence-electron chi connectivity index (χ3n) is 3.81. The highest BCUT2D eigenvalue weighted by Gasteiger charge is 2.29. The second-order valence-electron chi connectivity index (χ2n) is 5.25. The fourth-order valence-electron chi connectivity index (χ4n) is 2.56. The lowest BCUT2D eigenvalue weighted by atomic mass is 10.0. The number of amides is 2. The van der Waals surface area contributed by atoms with Gasteiger partial charge in [-0.05, 0) is 38.3 Å². The Labute approximate surface area is 130 Å². The van der Waals surface area contributed by atoms with Crippen LogP contribution >= 0.6 is 12.4 Å². The summed E-state index contributed by atoms with van der Waals surface area (Å²) in [5.74, 6) is -0.147. The number of nitrogens with two attached hydrogens (primary N) is 1. The minimum absolute atomic E-state index is 0. The fraction of sp³-hybridized carbons (Fsp3) is 0.571. The topological polar surface area (TPSA) is 97.4 Å². The van der Waals surface area contributed by atoms with Gasteiger partial charge in [0.15, 0.2) is 0 Å². The smallest absolute Gasteiger partial charge is 0.255 e. The van der Waals surface area contributed by atoms with E-state index in [9.17, 15) is 9.59 Å². The van der Waals surface area contributed by atoms with Crippen molar-refractivity contribution in [1.29, 1.82) is 0 Å². The van der Waals surface area contributed by atoms with E-state index in [4.69, 9.17) is 10.2 Å². The van der Waals surface area contributed by atoms with Crippen molar-refractivity contribution in [1.82, 2.24) is 10.6 Å². The van der Waals surface area contributed by atoms with Gasteiger partial charge in [-0.2, -0.15) is 0 Å². The molecule has 0 radical (unpaired) electrons. The van der Waals surface area contributed by atoms with Crippen LogP contribution in [-0.2, 0) is 4.79 Å². The number of hydrogen-bond donors (Lipinski definition) is 3. The number of halogens is 1. The van der Waals surface area contributed by atoms with Gasteiger partial charge in [-0.15, -0.1) is 12.4 Å². The van der Waals surface area contributed by atoms with Crippen molar-refractivity contribution in [2.75, 3.05) is 6.54 Å². The molecule has 6 nitrogen and oxygen atoms in total. The molecule has 1 heterocycles.